The van der Waals surface area contributed by atoms with Crippen molar-refractivity contribution in [1.82, 2.24) is 4.57 Å². The van der Waals surface area contributed by atoms with Crippen molar-refractivity contribution in [2.75, 3.05) is 7.11 Å². The van der Waals surface area contributed by atoms with Crippen LogP contribution in [0.3, 0.4) is 0 Å². The minimum absolute atomic E-state index is 0.239. The molecule has 1 aliphatic heterocycles. The number of nitrogens with zero attached hydrogens (tertiary/aromatic N) is 1. The predicted molar refractivity (Wildman–Crippen MR) is 166 cm³/mol. The van der Waals surface area contributed by atoms with Gasteiger partial charge in [-0.15, -0.1) is 0 Å². The number of methoxy groups -OCH3 is 1. The molecule has 1 aromatic heterocycles. The molecule has 1 N–H and O–H groups in total. The van der Waals surface area contributed by atoms with E-state index in [-0.39, 0.29) is 5.43 Å². The Bertz CT molecular complexity index is 2010. The van der Waals surface area contributed by atoms with Gasteiger partial charge in [0.2, 0.25) is 5.43 Å². The molecule has 0 bridgehead atoms. The van der Waals surface area contributed by atoms with E-state index in [1.54, 1.807) is 38.1 Å². The van der Waals surface area contributed by atoms with Crippen molar-refractivity contribution in [2.45, 2.75) is 31.7 Å². The molecule has 1 aliphatic rings. The molecule has 2 heterocycles. The Balaban J connectivity index is 1.49. The fourth-order valence-electron chi connectivity index (χ4n) is 5.72. The number of hydrogen-bond donors (Lipinski definition) is 1. The summed E-state index contributed by atoms with van der Waals surface area (Å²) in [7, 11) is 3.31. The highest BCUT2D eigenvalue weighted by atomic mass is 35.5. The maximum atomic E-state index is 14.0. The fraction of sp³-hybridized carbons (Fsp3) is 0.212. The van der Waals surface area contributed by atoms with Crippen LogP contribution in [-0.4, -0.2) is 34.5 Å². The van der Waals surface area contributed by atoms with Gasteiger partial charge in [-0.1, -0.05) is 53.5 Å². The van der Waals surface area contributed by atoms with Crippen LogP contribution >= 0.6 is 23.2 Å². The SMILES string of the molecule is COc1cc2c(c3c1c(=O)c1cc4ccccc4cc1n3C)C(O)C(OC(=O)/C=C/c1ccc(Cl)cc1Cl)C(C)(C)O2. The molecule has 0 radical (unpaired) electrons. The number of hydrogen-bond acceptors (Lipinski definition) is 6. The number of rotatable bonds is 4. The third kappa shape index (κ3) is 4.58. The molecule has 214 valence electrons. The Morgan fingerprint density at radius 1 is 1.07 bits per heavy atom. The molecule has 42 heavy (non-hydrogen) atoms. The Hall–Kier alpha value is -4.04. The molecule has 0 fully saturated rings. The first kappa shape index (κ1) is 28.1. The van der Waals surface area contributed by atoms with E-state index in [0.717, 1.165) is 10.8 Å². The van der Waals surface area contributed by atoms with Crippen molar-refractivity contribution in [2.24, 2.45) is 7.05 Å². The summed E-state index contributed by atoms with van der Waals surface area (Å²) in [4.78, 5) is 27.0. The van der Waals surface area contributed by atoms with Gasteiger partial charge in [0.15, 0.2) is 6.10 Å². The average molecular weight is 604 g/mol. The summed E-state index contributed by atoms with van der Waals surface area (Å²) in [5.41, 5.74) is 0.660. The highest BCUT2D eigenvalue weighted by molar-refractivity contribution is 6.35. The van der Waals surface area contributed by atoms with Gasteiger partial charge in [0.25, 0.3) is 0 Å². The molecule has 7 nitrogen and oxygen atoms in total. The van der Waals surface area contributed by atoms with Gasteiger partial charge >= 0.3 is 5.97 Å². The largest absolute Gasteiger partial charge is 0.496 e. The van der Waals surface area contributed by atoms with Crippen LogP contribution in [0.1, 0.15) is 31.1 Å². The molecular weight excluding hydrogens is 577 g/mol. The highest BCUT2D eigenvalue weighted by Gasteiger charge is 2.47. The lowest BCUT2D eigenvalue weighted by Crippen LogP contribution is -2.51. The third-order valence-electron chi connectivity index (χ3n) is 7.76. The van der Waals surface area contributed by atoms with Crippen molar-refractivity contribution < 1.29 is 24.1 Å². The number of aromatic nitrogens is 1. The molecule has 9 heteroatoms. The predicted octanol–water partition coefficient (Wildman–Crippen LogP) is 6.99. The number of halogens is 2. The zero-order valence-corrected chi connectivity index (χ0v) is 24.8. The minimum Gasteiger partial charge on any atom is -0.496 e. The topological polar surface area (TPSA) is 87.0 Å². The minimum atomic E-state index is -1.32. The number of esters is 1. The molecule has 0 saturated heterocycles. The quantitative estimate of drug-likeness (QED) is 0.135. The van der Waals surface area contributed by atoms with Crippen LogP contribution in [-0.2, 0) is 16.6 Å². The summed E-state index contributed by atoms with van der Waals surface area (Å²) >= 11 is 12.2. The van der Waals surface area contributed by atoms with E-state index in [1.165, 1.54) is 19.3 Å². The van der Waals surface area contributed by atoms with Crippen LogP contribution in [0.5, 0.6) is 11.5 Å². The standard InChI is InChI=1S/C33H27Cl2NO6/c1-33(2)32(41-26(37)12-10-17-9-11-20(34)15-22(17)35)31(39)28-25(42-33)16-24(40-4)27-29(28)36(3)23-14-19-8-6-5-7-18(19)13-21(23)30(27)38/h5-16,31-32,39H,1-4H3/b12-10+. The highest BCUT2D eigenvalue weighted by Crippen LogP contribution is 2.47. The lowest BCUT2D eigenvalue weighted by molar-refractivity contribution is -0.171. The van der Waals surface area contributed by atoms with Gasteiger partial charge in [0.05, 0.1) is 29.1 Å². The molecule has 0 saturated carbocycles. The van der Waals surface area contributed by atoms with Crippen molar-refractivity contribution in [3.05, 3.63) is 98.1 Å². The number of carbonyl (C=O) groups excluding carboxylic acids is 1. The van der Waals surface area contributed by atoms with Gasteiger partial charge in [-0.3, -0.25) is 4.79 Å². The van der Waals surface area contributed by atoms with Crippen LogP contribution in [0.25, 0.3) is 38.7 Å². The first-order valence-corrected chi connectivity index (χ1v) is 14.0. The van der Waals surface area contributed by atoms with Crippen LogP contribution in [0.4, 0.5) is 0 Å². The number of fused-ring (bicyclic) bond motifs is 5. The summed E-state index contributed by atoms with van der Waals surface area (Å²) in [5.74, 6) is -0.0442. The smallest absolute Gasteiger partial charge is 0.331 e. The van der Waals surface area contributed by atoms with E-state index in [0.29, 0.717) is 54.5 Å². The average Bonchev–Trinajstić information content (AvgIpc) is 2.95. The van der Waals surface area contributed by atoms with E-state index < -0.39 is 23.8 Å². The molecule has 0 aliphatic carbocycles. The first-order chi connectivity index (χ1) is 20.0. The Morgan fingerprint density at radius 3 is 2.48 bits per heavy atom. The van der Waals surface area contributed by atoms with Gasteiger partial charge in [0, 0.05) is 34.6 Å². The third-order valence-corrected chi connectivity index (χ3v) is 8.33. The lowest BCUT2D eigenvalue weighted by Gasteiger charge is -2.42. The monoisotopic (exact) mass is 603 g/mol. The first-order valence-electron chi connectivity index (χ1n) is 13.3. The second-order valence-electron chi connectivity index (χ2n) is 10.8. The van der Waals surface area contributed by atoms with E-state index in [9.17, 15) is 14.7 Å². The molecule has 4 aromatic carbocycles. The summed E-state index contributed by atoms with van der Waals surface area (Å²) in [6.07, 6.45) is 0.311. The van der Waals surface area contributed by atoms with Crippen LogP contribution in [0.2, 0.25) is 10.0 Å². The van der Waals surface area contributed by atoms with Gasteiger partial charge in [0.1, 0.15) is 23.2 Å². The lowest BCUT2D eigenvalue weighted by atomic mass is 9.86. The van der Waals surface area contributed by atoms with E-state index in [1.807, 2.05) is 48.0 Å². The molecule has 0 amide bonds. The number of aryl methyl sites for hydroxylation is 1. The number of benzene rings is 4. The summed E-state index contributed by atoms with van der Waals surface area (Å²) in [6, 6.07) is 18.1. The summed E-state index contributed by atoms with van der Waals surface area (Å²) in [6.45, 7) is 3.44. The van der Waals surface area contributed by atoms with Crippen molar-refractivity contribution in [3.63, 3.8) is 0 Å². The number of pyridine rings is 1. The Kier molecular flexibility index (Phi) is 6.92. The Morgan fingerprint density at radius 2 is 1.79 bits per heavy atom. The zero-order valence-electron chi connectivity index (χ0n) is 23.3. The number of aliphatic hydroxyl groups excluding tert-OH is 1. The van der Waals surface area contributed by atoms with E-state index in [4.69, 9.17) is 37.4 Å². The number of carbonyl (C=O) groups is 1. The van der Waals surface area contributed by atoms with Crippen molar-refractivity contribution >= 4 is 67.8 Å². The molecule has 5 aromatic rings. The van der Waals surface area contributed by atoms with Gasteiger partial charge in [-0.2, -0.15) is 0 Å². The van der Waals surface area contributed by atoms with Gasteiger partial charge in [-0.05, 0) is 60.5 Å². The molecular formula is C33H27Cl2NO6. The maximum Gasteiger partial charge on any atom is 0.331 e. The molecule has 6 rings (SSSR count). The zero-order chi connectivity index (χ0) is 29.9. The van der Waals surface area contributed by atoms with Crippen molar-refractivity contribution in [3.8, 4) is 11.5 Å². The van der Waals surface area contributed by atoms with Gasteiger partial charge in [-0.25, -0.2) is 4.79 Å². The van der Waals surface area contributed by atoms with Crippen LogP contribution in [0.15, 0.2) is 71.5 Å². The number of ether oxygens (including phenoxy) is 3. The molecule has 2 unspecified atom stereocenters. The van der Waals surface area contributed by atoms with Crippen molar-refractivity contribution in [1.29, 1.82) is 0 Å². The maximum absolute atomic E-state index is 14.0. The normalized spacial score (nSPS) is 17.9. The second-order valence-corrected chi connectivity index (χ2v) is 11.7. The van der Waals surface area contributed by atoms with Gasteiger partial charge < -0.3 is 23.9 Å². The van der Waals surface area contributed by atoms with E-state index in [2.05, 4.69) is 0 Å². The fourth-order valence-corrected chi connectivity index (χ4v) is 6.19. The molecule has 2 atom stereocenters. The number of aliphatic hydroxyl groups is 1. The summed E-state index contributed by atoms with van der Waals surface area (Å²) in [5, 5.41) is 15.4. The van der Waals surface area contributed by atoms with Crippen LogP contribution < -0.4 is 14.9 Å². The second kappa shape index (κ2) is 10.3. The Labute approximate surface area is 251 Å². The molecule has 0 spiro atoms. The van der Waals surface area contributed by atoms with Crippen LogP contribution in [0, 0.1) is 0 Å². The summed E-state index contributed by atoms with van der Waals surface area (Å²) < 4.78 is 19.6. The van der Waals surface area contributed by atoms with E-state index >= 15 is 0 Å².